The second-order valence-corrected chi connectivity index (χ2v) is 5.35. The first-order chi connectivity index (χ1) is 10.0. The molecule has 0 bridgehead atoms. The Balaban J connectivity index is 2.28. The van der Waals surface area contributed by atoms with Crippen LogP contribution in [0.25, 0.3) is 0 Å². The number of rotatable bonds is 5. The lowest BCUT2D eigenvalue weighted by molar-refractivity contribution is 0.177. The molecule has 2 aromatic carbocycles. The Morgan fingerprint density at radius 3 is 2.38 bits per heavy atom. The molecule has 1 unspecified atom stereocenters. The van der Waals surface area contributed by atoms with Crippen molar-refractivity contribution in [3.8, 4) is 11.5 Å². The van der Waals surface area contributed by atoms with Crippen molar-refractivity contribution < 1.29 is 14.6 Å². The minimum atomic E-state index is -0.622. The van der Waals surface area contributed by atoms with E-state index in [-0.39, 0.29) is 0 Å². The number of benzene rings is 2. The summed E-state index contributed by atoms with van der Waals surface area (Å²) in [6.07, 6.45) is -0.125. The summed E-state index contributed by atoms with van der Waals surface area (Å²) in [6, 6.07) is 11.2. The first-order valence-electron chi connectivity index (χ1n) is 6.70. The van der Waals surface area contributed by atoms with Crippen LogP contribution in [-0.2, 0) is 6.42 Å². The van der Waals surface area contributed by atoms with Crippen LogP contribution in [0.4, 0.5) is 0 Å². The van der Waals surface area contributed by atoms with E-state index in [0.29, 0.717) is 22.9 Å². The fourth-order valence-electron chi connectivity index (χ4n) is 2.35. The van der Waals surface area contributed by atoms with E-state index < -0.39 is 6.10 Å². The second kappa shape index (κ2) is 6.83. The number of aryl methyl sites for hydroxylation is 1. The van der Waals surface area contributed by atoms with E-state index in [4.69, 9.17) is 21.1 Å². The Kier molecular flexibility index (Phi) is 5.10. The van der Waals surface area contributed by atoms with Crippen molar-refractivity contribution in [3.05, 3.63) is 58.1 Å². The zero-order valence-electron chi connectivity index (χ0n) is 12.4. The van der Waals surface area contributed by atoms with Crippen LogP contribution in [0.3, 0.4) is 0 Å². The summed E-state index contributed by atoms with van der Waals surface area (Å²) in [5.41, 5.74) is 2.78. The molecule has 0 radical (unpaired) electrons. The van der Waals surface area contributed by atoms with Gasteiger partial charge in [0.25, 0.3) is 0 Å². The molecular weight excluding hydrogens is 288 g/mol. The Labute approximate surface area is 130 Å². The highest BCUT2D eigenvalue weighted by Crippen LogP contribution is 2.34. The topological polar surface area (TPSA) is 38.7 Å². The van der Waals surface area contributed by atoms with E-state index in [1.165, 1.54) is 0 Å². The van der Waals surface area contributed by atoms with Crippen LogP contribution in [0.1, 0.15) is 22.8 Å². The summed E-state index contributed by atoms with van der Waals surface area (Å²) in [5.74, 6) is 1.27. The van der Waals surface area contributed by atoms with Crippen LogP contribution >= 0.6 is 11.6 Å². The lowest BCUT2D eigenvalue weighted by atomic mass is 9.97. The number of aliphatic hydroxyl groups is 1. The number of aliphatic hydroxyl groups excluding tert-OH is 1. The van der Waals surface area contributed by atoms with E-state index in [9.17, 15) is 5.11 Å². The van der Waals surface area contributed by atoms with Crippen LogP contribution < -0.4 is 9.47 Å². The Hall–Kier alpha value is -1.71. The summed E-state index contributed by atoms with van der Waals surface area (Å²) < 4.78 is 10.6. The van der Waals surface area contributed by atoms with Gasteiger partial charge in [-0.15, -0.1) is 0 Å². The Bertz CT molecular complexity index is 625. The predicted molar refractivity (Wildman–Crippen MR) is 84.4 cm³/mol. The third-order valence-electron chi connectivity index (χ3n) is 3.45. The summed E-state index contributed by atoms with van der Waals surface area (Å²) >= 11 is 5.97. The maximum Gasteiger partial charge on any atom is 0.161 e. The van der Waals surface area contributed by atoms with Crippen molar-refractivity contribution in [2.45, 2.75) is 19.4 Å². The van der Waals surface area contributed by atoms with Crippen molar-refractivity contribution in [1.82, 2.24) is 0 Å². The van der Waals surface area contributed by atoms with Gasteiger partial charge in [-0.05, 0) is 47.9 Å². The van der Waals surface area contributed by atoms with Gasteiger partial charge < -0.3 is 14.6 Å². The van der Waals surface area contributed by atoms with Gasteiger partial charge in [-0.1, -0.05) is 23.7 Å². The number of hydrogen-bond acceptors (Lipinski definition) is 3. The lowest BCUT2D eigenvalue weighted by Gasteiger charge is -2.17. The Morgan fingerprint density at radius 1 is 1.10 bits per heavy atom. The molecule has 21 heavy (non-hydrogen) atoms. The minimum absolute atomic E-state index is 0.497. The van der Waals surface area contributed by atoms with Gasteiger partial charge in [-0.3, -0.25) is 0 Å². The van der Waals surface area contributed by atoms with Crippen LogP contribution in [-0.4, -0.2) is 19.3 Å². The summed E-state index contributed by atoms with van der Waals surface area (Å²) in [5, 5.41) is 11.2. The minimum Gasteiger partial charge on any atom is -0.493 e. The summed E-state index contributed by atoms with van der Waals surface area (Å²) in [6.45, 7) is 1.94. The number of ether oxygens (including phenoxy) is 2. The molecule has 3 nitrogen and oxygen atoms in total. The average Bonchev–Trinajstić information content (AvgIpc) is 2.46. The van der Waals surface area contributed by atoms with Gasteiger partial charge in [-0.25, -0.2) is 0 Å². The molecule has 0 amide bonds. The molecule has 0 saturated heterocycles. The fraction of sp³-hybridized carbons (Fsp3) is 0.294. The van der Waals surface area contributed by atoms with E-state index in [2.05, 4.69) is 0 Å². The maximum absolute atomic E-state index is 10.5. The maximum atomic E-state index is 10.5. The standard InChI is InChI=1S/C17H19ClO3/c1-11-7-16(20-2)17(21-3)10-14(11)15(19)9-12-5-4-6-13(18)8-12/h4-8,10,15,19H,9H2,1-3H3. The van der Waals surface area contributed by atoms with Crippen LogP contribution in [0.2, 0.25) is 5.02 Å². The van der Waals surface area contributed by atoms with Gasteiger partial charge in [-0.2, -0.15) is 0 Å². The molecule has 0 fully saturated rings. The highest BCUT2D eigenvalue weighted by molar-refractivity contribution is 6.30. The summed E-state index contributed by atoms with van der Waals surface area (Å²) in [7, 11) is 3.18. The quantitative estimate of drug-likeness (QED) is 0.909. The SMILES string of the molecule is COc1cc(C)c(C(O)Cc2cccc(Cl)c2)cc1OC. The number of halogens is 1. The summed E-state index contributed by atoms with van der Waals surface area (Å²) in [4.78, 5) is 0. The third-order valence-corrected chi connectivity index (χ3v) is 3.68. The zero-order chi connectivity index (χ0) is 15.4. The molecule has 112 valence electrons. The molecule has 0 heterocycles. The molecule has 0 saturated carbocycles. The first kappa shape index (κ1) is 15.7. The number of hydrogen-bond donors (Lipinski definition) is 1. The molecule has 2 aromatic rings. The Morgan fingerprint density at radius 2 is 1.76 bits per heavy atom. The molecule has 0 aliphatic heterocycles. The highest BCUT2D eigenvalue weighted by atomic mass is 35.5. The van der Waals surface area contributed by atoms with Gasteiger partial charge in [0, 0.05) is 11.4 Å². The first-order valence-corrected chi connectivity index (χ1v) is 7.08. The second-order valence-electron chi connectivity index (χ2n) is 4.91. The largest absolute Gasteiger partial charge is 0.493 e. The number of methoxy groups -OCH3 is 2. The molecule has 0 spiro atoms. The van der Waals surface area contributed by atoms with Gasteiger partial charge in [0.2, 0.25) is 0 Å². The lowest BCUT2D eigenvalue weighted by Crippen LogP contribution is -2.05. The van der Waals surface area contributed by atoms with Crippen molar-refractivity contribution >= 4 is 11.6 Å². The molecule has 0 aromatic heterocycles. The molecule has 0 aliphatic carbocycles. The van der Waals surface area contributed by atoms with Crippen molar-refractivity contribution in [1.29, 1.82) is 0 Å². The van der Waals surface area contributed by atoms with Crippen LogP contribution in [0.5, 0.6) is 11.5 Å². The van der Waals surface area contributed by atoms with Crippen LogP contribution in [0.15, 0.2) is 36.4 Å². The normalized spacial score (nSPS) is 12.0. The van der Waals surface area contributed by atoms with Crippen LogP contribution in [0, 0.1) is 6.92 Å². The van der Waals surface area contributed by atoms with E-state index in [1.807, 2.05) is 43.3 Å². The molecule has 4 heteroatoms. The fourth-order valence-corrected chi connectivity index (χ4v) is 2.57. The van der Waals surface area contributed by atoms with Gasteiger partial charge >= 0.3 is 0 Å². The van der Waals surface area contributed by atoms with Gasteiger partial charge in [0.05, 0.1) is 20.3 Å². The van der Waals surface area contributed by atoms with Crippen molar-refractivity contribution in [2.75, 3.05) is 14.2 Å². The van der Waals surface area contributed by atoms with Gasteiger partial charge in [0.1, 0.15) is 0 Å². The average molecular weight is 307 g/mol. The molecule has 0 aliphatic rings. The molecule has 1 N–H and O–H groups in total. The molecular formula is C17H19ClO3. The highest BCUT2D eigenvalue weighted by Gasteiger charge is 2.15. The van der Waals surface area contributed by atoms with E-state index in [0.717, 1.165) is 16.7 Å². The third kappa shape index (κ3) is 3.69. The predicted octanol–water partition coefficient (Wildman–Crippen LogP) is 3.94. The monoisotopic (exact) mass is 306 g/mol. The van der Waals surface area contributed by atoms with E-state index >= 15 is 0 Å². The van der Waals surface area contributed by atoms with Crippen molar-refractivity contribution in [2.24, 2.45) is 0 Å². The smallest absolute Gasteiger partial charge is 0.161 e. The zero-order valence-corrected chi connectivity index (χ0v) is 13.1. The van der Waals surface area contributed by atoms with E-state index in [1.54, 1.807) is 14.2 Å². The molecule has 2 rings (SSSR count). The van der Waals surface area contributed by atoms with Crippen molar-refractivity contribution in [3.63, 3.8) is 0 Å². The van der Waals surface area contributed by atoms with Gasteiger partial charge in [0.15, 0.2) is 11.5 Å². The molecule has 1 atom stereocenters.